The molecule has 0 aromatic carbocycles. The largest absolute Gasteiger partial charge is 0.436 e. The van der Waals surface area contributed by atoms with Gasteiger partial charge in [0, 0.05) is 31.0 Å². The zero-order valence-electron chi connectivity index (χ0n) is 19.2. The molecule has 1 aliphatic heterocycles. The van der Waals surface area contributed by atoms with Crippen LogP contribution in [0.25, 0.3) is 11.2 Å². The first kappa shape index (κ1) is 24.7. The predicted octanol–water partition coefficient (Wildman–Crippen LogP) is 3.49. The Morgan fingerprint density at radius 2 is 2.11 bits per heavy atom. The van der Waals surface area contributed by atoms with Crippen molar-refractivity contribution >= 4 is 17.0 Å². The number of aryl methyl sites for hydroxylation is 1. The normalized spacial score (nSPS) is 16.3. The molecular weight excluding hydrogens is 463 g/mol. The zero-order chi connectivity index (χ0) is 25.0. The quantitative estimate of drug-likeness (QED) is 0.564. The van der Waals surface area contributed by atoms with E-state index in [0.29, 0.717) is 24.6 Å². The van der Waals surface area contributed by atoms with Gasteiger partial charge in [-0.2, -0.15) is 33.1 Å². The first-order chi connectivity index (χ1) is 16.8. The molecule has 0 amide bonds. The topological polar surface area (TPSA) is 115 Å². The molecule has 0 bridgehead atoms. The number of nitrogens with one attached hydrogen (secondary N) is 1. The Balaban J connectivity index is 0.000000514. The number of rotatable bonds is 5. The maximum absolute atomic E-state index is 13.5. The van der Waals surface area contributed by atoms with Gasteiger partial charge in [0.15, 0.2) is 11.3 Å². The van der Waals surface area contributed by atoms with Crippen LogP contribution in [0.4, 0.5) is 19.0 Å². The number of halogens is 3. The third kappa shape index (κ3) is 5.16. The smallest absolute Gasteiger partial charge is 0.394 e. The molecule has 1 saturated heterocycles. The number of alkyl halides is 3. The molecular formula is C23H26F3N7O2. The van der Waals surface area contributed by atoms with Crippen LogP contribution in [-0.4, -0.2) is 62.3 Å². The molecule has 2 N–H and O–H groups in total. The van der Waals surface area contributed by atoms with Crippen molar-refractivity contribution < 1.29 is 23.0 Å². The molecule has 2 aliphatic rings. The molecule has 12 heteroatoms. The molecule has 4 heterocycles. The van der Waals surface area contributed by atoms with Crippen molar-refractivity contribution in [3.05, 3.63) is 47.1 Å². The maximum Gasteiger partial charge on any atom is 0.436 e. The Morgan fingerprint density at radius 1 is 1.31 bits per heavy atom. The lowest BCUT2D eigenvalue weighted by atomic mass is 9.92. The minimum absolute atomic E-state index is 0.0859. The van der Waals surface area contributed by atoms with Gasteiger partial charge in [-0.25, -0.2) is 4.98 Å². The summed E-state index contributed by atoms with van der Waals surface area (Å²) in [7, 11) is 0. The van der Waals surface area contributed by atoms with Gasteiger partial charge in [0.2, 0.25) is 0 Å². The fourth-order valence-corrected chi connectivity index (χ4v) is 4.33. The summed E-state index contributed by atoms with van der Waals surface area (Å²) >= 11 is 0. The number of hydrogen-bond donors (Lipinski definition) is 2. The Bertz CT molecular complexity index is 1210. The first-order valence-electron chi connectivity index (χ1n) is 11.4. The van der Waals surface area contributed by atoms with Crippen molar-refractivity contribution in [1.82, 2.24) is 24.8 Å². The highest BCUT2D eigenvalue weighted by molar-refractivity contribution is 5.80. The summed E-state index contributed by atoms with van der Waals surface area (Å²) in [6, 6.07) is 3.47. The van der Waals surface area contributed by atoms with Crippen molar-refractivity contribution in [3.8, 4) is 6.07 Å². The van der Waals surface area contributed by atoms with Crippen LogP contribution < -0.4 is 4.90 Å². The molecule has 186 valence electrons. The van der Waals surface area contributed by atoms with E-state index in [0.717, 1.165) is 36.8 Å². The zero-order valence-corrected chi connectivity index (χ0v) is 19.2. The van der Waals surface area contributed by atoms with E-state index in [1.807, 2.05) is 11.0 Å². The summed E-state index contributed by atoms with van der Waals surface area (Å²) in [6.45, 7) is 2.80. The predicted molar refractivity (Wildman–Crippen MR) is 122 cm³/mol. The molecule has 1 fully saturated rings. The Morgan fingerprint density at radius 3 is 2.66 bits per heavy atom. The molecule has 5 rings (SSSR count). The molecule has 3 aromatic heterocycles. The molecule has 35 heavy (non-hydrogen) atoms. The van der Waals surface area contributed by atoms with E-state index < -0.39 is 17.4 Å². The molecule has 0 saturated carbocycles. The third-order valence-corrected chi connectivity index (χ3v) is 5.91. The number of nitriles is 1. The molecule has 3 aromatic rings. The molecule has 9 nitrogen and oxygen atoms in total. The van der Waals surface area contributed by atoms with Gasteiger partial charge in [0.05, 0.1) is 25.0 Å². The highest BCUT2D eigenvalue weighted by Gasteiger charge is 2.41. The Kier molecular flexibility index (Phi) is 7.37. The number of H-pyrrole nitrogens is 1. The van der Waals surface area contributed by atoms with E-state index in [2.05, 4.69) is 26.4 Å². The number of aromatic nitrogens is 5. The highest BCUT2D eigenvalue weighted by atomic mass is 19.4. The second kappa shape index (κ2) is 10.5. The Hall–Kier alpha value is -3.43. The molecule has 0 spiro atoms. The van der Waals surface area contributed by atoms with Crippen LogP contribution in [-0.2, 0) is 10.9 Å². The van der Waals surface area contributed by atoms with Gasteiger partial charge >= 0.3 is 6.18 Å². The lowest BCUT2D eigenvalue weighted by Gasteiger charge is -2.41. The first-order valence-corrected chi connectivity index (χ1v) is 11.4. The van der Waals surface area contributed by atoms with Gasteiger partial charge in [-0.3, -0.25) is 5.10 Å². The molecule has 1 aliphatic carbocycles. The van der Waals surface area contributed by atoms with Crippen LogP contribution in [0.15, 0.2) is 24.5 Å². The summed E-state index contributed by atoms with van der Waals surface area (Å²) in [4.78, 5) is 6.28. The van der Waals surface area contributed by atoms with E-state index in [-0.39, 0.29) is 25.0 Å². The second-order valence-electron chi connectivity index (χ2n) is 8.33. The standard InChI is InChI=1S/C20H22F3N5O2.C3H4N2/c1-12-16(13-5-3-2-4-6-13)19(27-10-14(11-27)30-8-7-29)28-18(25-12)15(9-24)17(26-28)20(21,22)23;1-2-4-5-3-1/h5,14,29H,2-4,6-8,10-11H2,1H3;1-3H,(H,4,5). The Labute approximate surface area is 199 Å². The number of hydrogen-bond acceptors (Lipinski definition) is 7. The molecule has 0 atom stereocenters. The summed E-state index contributed by atoms with van der Waals surface area (Å²) in [5, 5.41) is 28.4. The van der Waals surface area contributed by atoms with Gasteiger partial charge in [0.1, 0.15) is 17.5 Å². The highest BCUT2D eigenvalue weighted by Crippen LogP contribution is 2.40. The number of anilines is 1. The second-order valence-corrected chi connectivity index (χ2v) is 8.33. The van der Waals surface area contributed by atoms with Crippen LogP contribution in [0.1, 0.15) is 48.2 Å². The monoisotopic (exact) mass is 489 g/mol. The van der Waals surface area contributed by atoms with Crippen LogP contribution in [0, 0.1) is 18.3 Å². The lowest BCUT2D eigenvalue weighted by Crippen LogP contribution is -2.53. The molecule has 0 unspecified atom stereocenters. The van der Waals surface area contributed by atoms with Crippen molar-refractivity contribution in [2.24, 2.45) is 0 Å². The van der Waals surface area contributed by atoms with Gasteiger partial charge < -0.3 is 14.7 Å². The SMILES string of the molecule is Cc1nc2c(C#N)c(C(F)(F)F)nn2c(N2CC(OCCO)C2)c1C1=CCCCC1.c1cn[nH]c1. The van der Waals surface area contributed by atoms with Crippen LogP contribution >= 0.6 is 0 Å². The van der Waals surface area contributed by atoms with Gasteiger partial charge in [-0.15, -0.1) is 0 Å². The third-order valence-electron chi connectivity index (χ3n) is 5.91. The lowest BCUT2D eigenvalue weighted by molar-refractivity contribution is -0.141. The minimum atomic E-state index is -4.75. The van der Waals surface area contributed by atoms with E-state index in [1.54, 1.807) is 25.4 Å². The van der Waals surface area contributed by atoms with E-state index in [1.165, 1.54) is 4.52 Å². The summed E-state index contributed by atoms with van der Waals surface area (Å²) in [5.41, 5.74) is 0.535. The fourth-order valence-electron chi connectivity index (χ4n) is 4.33. The number of aliphatic hydroxyl groups excluding tert-OH is 1. The van der Waals surface area contributed by atoms with Crippen molar-refractivity contribution in [2.45, 2.75) is 44.9 Å². The number of aliphatic hydroxyl groups is 1. The van der Waals surface area contributed by atoms with Gasteiger partial charge in [-0.1, -0.05) is 6.08 Å². The van der Waals surface area contributed by atoms with Crippen LogP contribution in [0.2, 0.25) is 0 Å². The van der Waals surface area contributed by atoms with E-state index >= 15 is 0 Å². The van der Waals surface area contributed by atoms with Gasteiger partial charge in [-0.05, 0) is 44.2 Å². The van der Waals surface area contributed by atoms with E-state index in [9.17, 15) is 18.4 Å². The molecule has 0 radical (unpaired) electrons. The number of allylic oxidation sites excluding steroid dienone is 2. The summed E-state index contributed by atoms with van der Waals surface area (Å²) in [6.07, 6.45) is 4.50. The van der Waals surface area contributed by atoms with Crippen LogP contribution in [0.3, 0.4) is 0 Å². The number of aromatic amines is 1. The fraction of sp³-hybridized carbons (Fsp3) is 0.478. The summed E-state index contributed by atoms with van der Waals surface area (Å²) in [5.74, 6) is 0.515. The minimum Gasteiger partial charge on any atom is -0.394 e. The van der Waals surface area contributed by atoms with Crippen LogP contribution in [0.5, 0.6) is 0 Å². The number of ether oxygens (including phenoxy) is 1. The average Bonchev–Trinajstić information content (AvgIpc) is 3.50. The average molecular weight is 490 g/mol. The van der Waals surface area contributed by atoms with E-state index in [4.69, 9.17) is 9.84 Å². The van der Waals surface area contributed by atoms with Crippen molar-refractivity contribution in [3.63, 3.8) is 0 Å². The van der Waals surface area contributed by atoms with Gasteiger partial charge in [0.25, 0.3) is 0 Å². The summed E-state index contributed by atoms with van der Waals surface area (Å²) < 4.78 is 47.3. The van der Waals surface area contributed by atoms with Crippen molar-refractivity contribution in [2.75, 3.05) is 31.2 Å². The van der Waals surface area contributed by atoms with Crippen molar-refractivity contribution in [1.29, 1.82) is 5.26 Å². The number of fused-ring (bicyclic) bond motifs is 1. The number of nitrogens with zero attached hydrogens (tertiary/aromatic N) is 6. The maximum atomic E-state index is 13.5.